The van der Waals surface area contributed by atoms with E-state index in [9.17, 15) is 0 Å². The molecule has 0 aliphatic rings. The second-order valence-electron chi connectivity index (χ2n) is 15.1. The van der Waals surface area contributed by atoms with Gasteiger partial charge in [-0.05, 0) is 105 Å². The highest BCUT2D eigenvalue weighted by Crippen LogP contribution is 2.45. The summed E-state index contributed by atoms with van der Waals surface area (Å²) in [6.07, 6.45) is 0. The lowest BCUT2D eigenvalue weighted by Crippen LogP contribution is -2.10. The average Bonchev–Trinajstić information content (AvgIpc) is 3.92. The van der Waals surface area contributed by atoms with Crippen LogP contribution in [0.4, 0.5) is 17.1 Å². The first-order chi connectivity index (χ1) is 29.2. The van der Waals surface area contributed by atoms with Gasteiger partial charge in [-0.1, -0.05) is 140 Å². The minimum atomic E-state index is 0.621. The van der Waals surface area contributed by atoms with Crippen LogP contribution in [-0.4, -0.2) is 4.98 Å². The zero-order valence-electron chi connectivity index (χ0n) is 31.8. The number of aromatic nitrogens is 1. The minimum absolute atomic E-state index is 0.621. The van der Waals surface area contributed by atoms with Crippen molar-refractivity contribution in [2.24, 2.45) is 0 Å². The van der Waals surface area contributed by atoms with Crippen LogP contribution in [0.25, 0.3) is 99.1 Å². The molecule has 4 heteroatoms. The van der Waals surface area contributed by atoms with Gasteiger partial charge in [0.2, 0.25) is 5.89 Å². The third-order valence-electron chi connectivity index (χ3n) is 11.6. The van der Waals surface area contributed by atoms with Crippen molar-refractivity contribution >= 4 is 82.4 Å². The van der Waals surface area contributed by atoms with E-state index in [0.717, 1.165) is 105 Å². The van der Waals surface area contributed by atoms with Crippen LogP contribution in [0.2, 0.25) is 0 Å². The van der Waals surface area contributed by atoms with Gasteiger partial charge in [0.05, 0.1) is 5.69 Å². The first-order valence-corrected chi connectivity index (χ1v) is 19.9. The van der Waals surface area contributed by atoms with Crippen LogP contribution >= 0.6 is 0 Å². The van der Waals surface area contributed by atoms with Gasteiger partial charge in [-0.25, -0.2) is 4.98 Å². The summed E-state index contributed by atoms with van der Waals surface area (Å²) in [7, 11) is 0. The Bertz CT molecular complexity index is 3570. The summed E-state index contributed by atoms with van der Waals surface area (Å²) >= 11 is 0. The Balaban J connectivity index is 1.09. The Labute approximate surface area is 339 Å². The van der Waals surface area contributed by atoms with Crippen molar-refractivity contribution in [2.45, 2.75) is 0 Å². The largest absolute Gasteiger partial charge is 0.456 e. The maximum atomic E-state index is 6.67. The summed E-state index contributed by atoms with van der Waals surface area (Å²) in [4.78, 5) is 7.36. The second kappa shape index (κ2) is 13.3. The highest BCUT2D eigenvalue weighted by atomic mass is 16.3. The molecular weight excluding hydrogens is 721 g/mol. The fourth-order valence-electron chi connectivity index (χ4n) is 8.87. The van der Waals surface area contributed by atoms with E-state index < -0.39 is 0 Å². The third kappa shape index (κ3) is 5.49. The summed E-state index contributed by atoms with van der Waals surface area (Å²) in [5, 5.41) is 8.99. The highest BCUT2D eigenvalue weighted by Gasteiger charge is 2.20. The van der Waals surface area contributed by atoms with E-state index in [-0.39, 0.29) is 0 Å². The molecule has 0 aliphatic carbocycles. The second-order valence-corrected chi connectivity index (χ2v) is 15.1. The van der Waals surface area contributed by atoms with Gasteiger partial charge < -0.3 is 13.7 Å². The molecule has 0 fully saturated rings. The van der Waals surface area contributed by atoms with Gasteiger partial charge in [-0.3, -0.25) is 0 Å². The molecule has 0 spiro atoms. The topological polar surface area (TPSA) is 42.4 Å². The zero-order chi connectivity index (χ0) is 38.9. The van der Waals surface area contributed by atoms with E-state index in [4.69, 9.17) is 13.8 Å². The van der Waals surface area contributed by atoms with Crippen molar-refractivity contribution in [1.29, 1.82) is 0 Å². The Morgan fingerprint density at radius 3 is 1.75 bits per heavy atom. The molecule has 0 aliphatic heterocycles. The molecule has 0 saturated carbocycles. The lowest BCUT2D eigenvalue weighted by atomic mass is 9.94. The number of rotatable bonds is 6. The van der Waals surface area contributed by atoms with Crippen LogP contribution in [-0.2, 0) is 0 Å². The third-order valence-corrected chi connectivity index (χ3v) is 11.6. The van der Waals surface area contributed by atoms with E-state index in [1.807, 2.05) is 42.5 Å². The Hall–Kier alpha value is -7.95. The zero-order valence-corrected chi connectivity index (χ0v) is 31.8. The number of para-hydroxylation sites is 1. The van der Waals surface area contributed by atoms with E-state index in [0.29, 0.717) is 5.89 Å². The van der Waals surface area contributed by atoms with Crippen LogP contribution in [0.1, 0.15) is 0 Å². The maximum absolute atomic E-state index is 6.67. The molecule has 59 heavy (non-hydrogen) atoms. The molecule has 2 aromatic heterocycles. The predicted octanol–water partition coefficient (Wildman–Crippen LogP) is 15.7. The summed E-state index contributed by atoms with van der Waals surface area (Å²) in [6.45, 7) is 0. The van der Waals surface area contributed by atoms with Crippen LogP contribution in [0.15, 0.2) is 215 Å². The van der Waals surface area contributed by atoms with E-state index in [1.165, 1.54) is 5.56 Å². The van der Waals surface area contributed by atoms with Crippen LogP contribution in [0, 0.1) is 0 Å². The standard InChI is InChI=1S/C55H34N2O2/c1-3-12-35(13-4-1)39-16-9-18-42(32-39)57(43-19-10-17-40(33-43)41-28-31-51-47(34-41)45-20-7-8-23-50(45)58-51)49-22-11-21-46-44(49)29-26-36-24-25-37-27-30-48-54(53(37)52(36)46)59-55(56-48)38-14-5-2-6-15-38/h1-34H. The highest BCUT2D eigenvalue weighted by molar-refractivity contribution is 6.27. The SMILES string of the molecule is c1ccc(-c2cccc(N(c3cccc(-c4ccc5oc6ccccc6c5c4)c3)c3cccc4c3ccc3ccc5ccc6nc(-c7ccccc7)oc6c5c34)c2)cc1. The summed E-state index contributed by atoms with van der Waals surface area (Å²) in [5.41, 5.74) is 12.2. The lowest BCUT2D eigenvalue weighted by molar-refractivity contribution is 0.623. The Morgan fingerprint density at radius 1 is 0.356 bits per heavy atom. The van der Waals surface area contributed by atoms with Gasteiger partial charge in [0.1, 0.15) is 16.7 Å². The molecule has 0 radical (unpaired) electrons. The van der Waals surface area contributed by atoms with Gasteiger partial charge in [-0.2, -0.15) is 0 Å². The van der Waals surface area contributed by atoms with Gasteiger partial charge in [0.25, 0.3) is 0 Å². The number of fused-ring (bicyclic) bond motifs is 10. The summed E-state index contributed by atoms with van der Waals surface area (Å²) in [6, 6.07) is 73.0. The lowest BCUT2D eigenvalue weighted by Gasteiger charge is -2.28. The molecule has 0 amide bonds. The van der Waals surface area contributed by atoms with Crippen molar-refractivity contribution in [3.63, 3.8) is 0 Å². The van der Waals surface area contributed by atoms with Gasteiger partial charge in [0.15, 0.2) is 5.58 Å². The normalized spacial score (nSPS) is 11.7. The number of hydrogen-bond donors (Lipinski definition) is 0. The van der Waals surface area contributed by atoms with E-state index >= 15 is 0 Å². The quantitative estimate of drug-likeness (QED) is 0.159. The number of furan rings is 1. The number of oxazole rings is 1. The van der Waals surface area contributed by atoms with Crippen molar-refractivity contribution in [2.75, 3.05) is 4.90 Å². The average molecular weight is 755 g/mol. The number of anilines is 3. The van der Waals surface area contributed by atoms with Crippen molar-refractivity contribution < 1.29 is 8.83 Å². The summed E-state index contributed by atoms with van der Waals surface area (Å²) < 4.78 is 12.9. The minimum Gasteiger partial charge on any atom is -0.456 e. The Morgan fingerprint density at radius 2 is 0.949 bits per heavy atom. The van der Waals surface area contributed by atoms with E-state index in [2.05, 4.69) is 169 Å². The monoisotopic (exact) mass is 754 g/mol. The molecule has 276 valence electrons. The fourth-order valence-corrected chi connectivity index (χ4v) is 8.87. The molecule has 2 heterocycles. The smallest absolute Gasteiger partial charge is 0.227 e. The molecule has 10 aromatic carbocycles. The molecule has 12 rings (SSSR count). The summed E-state index contributed by atoms with van der Waals surface area (Å²) in [5.74, 6) is 0.621. The predicted molar refractivity (Wildman–Crippen MR) is 245 cm³/mol. The van der Waals surface area contributed by atoms with Crippen LogP contribution < -0.4 is 4.90 Å². The fraction of sp³-hybridized carbons (Fsp3) is 0. The Kier molecular flexibility index (Phi) is 7.50. The van der Waals surface area contributed by atoms with Gasteiger partial charge in [-0.15, -0.1) is 0 Å². The molecular formula is C55H34N2O2. The number of hydrogen-bond acceptors (Lipinski definition) is 4. The molecule has 12 aromatic rings. The van der Waals surface area contributed by atoms with Crippen molar-refractivity contribution in [3.05, 3.63) is 206 Å². The molecule has 0 atom stereocenters. The molecule has 0 unspecified atom stereocenters. The van der Waals surface area contributed by atoms with Crippen LogP contribution in [0.3, 0.4) is 0 Å². The van der Waals surface area contributed by atoms with Gasteiger partial charge in [0, 0.05) is 43.9 Å². The van der Waals surface area contributed by atoms with Crippen molar-refractivity contribution in [1.82, 2.24) is 4.98 Å². The number of nitrogens with zero attached hydrogens (tertiary/aromatic N) is 2. The first-order valence-electron chi connectivity index (χ1n) is 19.9. The molecule has 4 nitrogen and oxygen atoms in total. The van der Waals surface area contributed by atoms with Gasteiger partial charge >= 0.3 is 0 Å². The van der Waals surface area contributed by atoms with Crippen molar-refractivity contribution in [3.8, 4) is 33.7 Å². The van der Waals surface area contributed by atoms with E-state index in [1.54, 1.807) is 0 Å². The first kappa shape index (κ1) is 33.2. The maximum Gasteiger partial charge on any atom is 0.227 e. The van der Waals surface area contributed by atoms with Crippen LogP contribution in [0.5, 0.6) is 0 Å². The number of benzene rings is 10. The molecule has 0 saturated heterocycles. The molecule has 0 N–H and O–H groups in total. The molecule has 0 bridgehead atoms.